The molecule has 1 aliphatic rings. The Labute approximate surface area is 119 Å². The van der Waals surface area contributed by atoms with Gasteiger partial charge < -0.3 is 4.52 Å². The van der Waals surface area contributed by atoms with Gasteiger partial charge in [0.2, 0.25) is 0 Å². The molecule has 0 radical (unpaired) electrons. The maximum Gasteiger partial charge on any atom is 0.303 e. The summed E-state index contributed by atoms with van der Waals surface area (Å²) in [5.41, 5.74) is 1.07. The van der Waals surface area contributed by atoms with Crippen molar-refractivity contribution in [3.8, 4) is 0 Å². The molecule has 3 rings (SSSR count). The molecule has 3 atom stereocenters. The van der Waals surface area contributed by atoms with E-state index in [1.807, 2.05) is 72.4 Å². The monoisotopic (exact) mass is 287 g/mol. The van der Waals surface area contributed by atoms with E-state index in [4.69, 9.17) is 4.52 Å². The van der Waals surface area contributed by atoms with Crippen LogP contribution in [0.4, 0.5) is 0 Å². The normalized spacial score (nSPS) is 30.5. The van der Waals surface area contributed by atoms with Gasteiger partial charge in [0.25, 0.3) is 0 Å². The minimum atomic E-state index is -2.96. The summed E-state index contributed by atoms with van der Waals surface area (Å²) >= 11 is 0. The molecular formula is C16H18NO2P. The number of rotatable bonds is 2. The van der Waals surface area contributed by atoms with Crippen LogP contribution in [0.25, 0.3) is 0 Å². The molecule has 104 valence electrons. The molecule has 4 heteroatoms. The average Bonchev–Trinajstić information content (AvgIpc) is 2.75. The molecular weight excluding hydrogens is 269 g/mol. The molecule has 1 heterocycles. The van der Waals surface area contributed by atoms with Crippen molar-refractivity contribution in [2.45, 2.75) is 19.1 Å². The smallest absolute Gasteiger partial charge is 0.303 e. The zero-order valence-electron chi connectivity index (χ0n) is 11.6. The van der Waals surface area contributed by atoms with Gasteiger partial charge in [-0.2, -0.15) is 0 Å². The summed E-state index contributed by atoms with van der Waals surface area (Å²) in [5, 5.41) is 0.757. The average molecular weight is 287 g/mol. The lowest BCUT2D eigenvalue weighted by molar-refractivity contribution is 0.212. The molecule has 20 heavy (non-hydrogen) atoms. The molecule has 2 aromatic rings. The molecule has 0 N–H and O–H groups in total. The highest BCUT2D eigenvalue weighted by Crippen LogP contribution is 2.60. The predicted molar refractivity (Wildman–Crippen MR) is 81.2 cm³/mol. The van der Waals surface area contributed by atoms with Gasteiger partial charge in [0.15, 0.2) is 0 Å². The first-order valence-corrected chi connectivity index (χ1v) is 8.33. The Hall–Kier alpha value is -1.41. The van der Waals surface area contributed by atoms with Crippen LogP contribution in [0.15, 0.2) is 60.7 Å². The van der Waals surface area contributed by atoms with Crippen LogP contribution in [0.1, 0.15) is 18.6 Å². The summed E-state index contributed by atoms with van der Waals surface area (Å²) in [6.45, 7) is 2.06. The highest BCUT2D eigenvalue weighted by molar-refractivity contribution is 7.64. The Bertz CT molecular complexity index is 629. The summed E-state index contributed by atoms with van der Waals surface area (Å²) in [5.74, 6) is 0. The Morgan fingerprint density at radius 1 is 1.00 bits per heavy atom. The second kappa shape index (κ2) is 5.17. The third-order valence-corrected chi connectivity index (χ3v) is 6.57. The molecule has 0 aliphatic carbocycles. The highest BCUT2D eigenvalue weighted by Gasteiger charge is 2.47. The summed E-state index contributed by atoms with van der Waals surface area (Å²) in [6.07, 6.45) is -0.160. The molecule has 3 nitrogen and oxygen atoms in total. The van der Waals surface area contributed by atoms with Gasteiger partial charge >= 0.3 is 7.52 Å². The molecule has 0 unspecified atom stereocenters. The fourth-order valence-corrected chi connectivity index (χ4v) is 4.98. The van der Waals surface area contributed by atoms with Crippen LogP contribution in [-0.2, 0) is 9.09 Å². The van der Waals surface area contributed by atoms with E-state index in [9.17, 15) is 4.57 Å². The SMILES string of the molecule is C[C@H]1[C@@H](c2ccccc2)O[P@@](=O)(c2ccccc2)N1C. The Balaban J connectivity index is 1.99. The third-order valence-electron chi connectivity index (χ3n) is 3.91. The van der Waals surface area contributed by atoms with Crippen LogP contribution in [0.5, 0.6) is 0 Å². The van der Waals surface area contributed by atoms with E-state index >= 15 is 0 Å². The number of nitrogens with zero attached hydrogens (tertiary/aromatic N) is 1. The molecule has 1 fully saturated rings. The first-order valence-electron chi connectivity index (χ1n) is 6.75. The second-order valence-corrected chi connectivity index (χ2v) is 7.51. The maximum atomic E-state index is 13.2. The number of hydrogen-bond acceptors (Lipinski definition) is 2. The largest absolute Gasteiger partial charge is 0.304 e. The van der Waals surface area contributed by atoms with Crippen LogP contribution in [0.3, 0.4) is 0 Å². The lowest BCUT2D eigenvalue weighted by Gasteiger charge is -2.20. The lowest BCUT2D eigenvalue weighted by Crippen LogP contribution is -2.25. The van der Waals surface area contributed by atoms with Crippen LogP contribution < -0.4 is 5.30 Å². The van der Waals surface area contributed by atoms with E-state index in [1.54, 1.807) is 0 Å². The Morgan fingerprint density at radius 3 is 2.15 bits per heavy atom. The highest BCUT2D eigenvalue weighted by atomic mass is 31.2. The van der Waals surface area contributed by atoms with E-state index in [0.29, 0.717) is 0 Å². The van der Waals surface area contributed by atoms with Gasteiger partial charge in [-0.25, -0.2) is 4.67 Å². The van der Waals surface area contributed by atoms with Crippen molar-refractivity contribution >= 4 is 12.8 Å². The minimum absolute atomic E-state index is 0.0726. The summed E-state index contributed by atoms with van der Waals surface area (Å²) in [6, 6.07) is 19.5. The molecule has 1 saturated heterocycles. The van der Waals surface area contributed by atoms with Gasteiger partial charge in [-0.1, -0.05) is 48.5 Å². The molecule has 0 bridgehead atoms. The van der Waals surface area contributed by atoms with Crippen LogP contribution in [0.2, 0.25) is 0 Å². The van der Waals surface area contributed by atoms with Gasteiger partial charge in [-0.3, -0.25) is 4.57 Å². The number of hydrogen-bond donors (Lipinski definition) is 0. The van der Waals surface area contributed by atoms with Gasteiger partial charge in [0, 0.05) is 6.04 Å². The topological polar surface area (TPSA) is 29.5 Å². The fraction of sp³-hybridized carbons (Fsp3) is 0.250. The lowest BCUT2D eigenvalue weighted by atomic mass is 10.0. The molecule has 0 aromatic heterocycles. The van der Waals surface area contributed by atoms with Crippen LogP contribution in [-0.4, -0.2) is 17.8 Å². The van der Waals surface area contributed by atoms with Crippen LogP contribution >= 0.6 is 7.52 Å². The summed E-state index contributed by atoms with van der Waals surface area (Å²) in [7, 11) is -1.08. The van der Waals surface area contributed by atoms with Crippen molar-refractivity contribution in [2.24, 2.45) is 0 Å². The molecule has 0 saturated carbocycles. The number of likely N-dealkylation sites (N-methyl/N-ethyl adjacent to an activating group) is 1. The van der Waals surface area contributed by atoms with Gasteiger partial charge in [0.1, 0.15) is 6.10 Å². The molecule has 0 spiro atoms. The van der Waals surface area contributed by atoms with Gasteiger partial charge in [-0.15, -0.1) is 0 Å². The summed E-state index contributed by atoms with van der Waals surface area (Å²) in [4.78, 5) is 0. The fourth-order valence-electron chi connectivity index (χ4n) is 2.59. The van der Waals surface area contributed by atoms with E-state index in [0.717, 1.165) is 10.9 Å². The third kappa shape index (κ3) is 2.12. The number of benzene rings is 2. The predicted octanol–water partition coefficient (Wildman–Crippen LogP) is 3.60. The first-order chi connectivity index (χ1) is 9.63. The van der Waals surface area contributed by atoms with Crippen molar-refractivity contribution in [3.05, 3.63) is 66.2 Å². The first kappa shape index (κ1) is 13.6. The second-order valence-electron chi connectivity index (χ2n) is 5.11. The van der Waals surface area contributed by atoms with E-state index < -0.39 is 7.52 Å². The maximum absolute atomic E-state index is 13.2. The van der Waals surface area contributed by atoms with Crippen molar-refractivity contribution < 1.29 is 9.09 Å². The van der Waals surface area contributed by atoms with Gasteiger partial charge in [0.05, 0.1) is 5.30 Å². The molecule has 2 aromatic carbocycles. The molecule has 1 aliphatic heterocycles. The zero-order chi connectivity index (χ0) is 14.2. The Kier molecular flexibility index (Phi) is 3.51. The quantitative estimate of drug-likeness (QED) is 0.790. The van der Waals surface area contributed by atoms with Crippen LogP contribution in [0, 0.1) is 0 Å². The van der Waals surface area contributed by atoms with E-state index in [-0.39, 0.29) is 12.1 Å². The Morgan fingerprint density at radius 2 is 1.55 bits per heavy atom. The zero-order valence-corrected chi connectivity index (χ0v) is 12.5. The van der Waals surface area contributed by atoms with Crippen molar-refractivity contribution in [3.63, 3.8) is 0 Å². The summed E-state index contributed by atoms with van der Waals surface area (Å²) < 4.78 is 21.1. The van der Waals surface area contributed by atoms with E-state index in [2.05, 4.69) is 6.92 Å². The van der Waals surface area contributed by atoms with Crippen molar-refractivity contribution in [1.82, 2.24) is 4.67 Å². The van der Waals surface area contributed by atoms with Gasteiger partial charge in [-0.05, 0) is 31.7 Å². The van der Waals surface area contributed by atoms with Crippen molar-refractivity contribution in [1.29, 1.82) is 0 Å². The standard InChI is InChI=1S/C16H18NO2P/c1-13-16(14-9-5-3-6-10-14)19-20(18,17(13)2)15-11-7-4-8-12-15/h3-13,16H,1-2H3/t13-,16-,20-/m0/s1. The van der Waals surface area contributed by atoms with Crippen molar-refractivity contribution in [2.75, 3.05) is 7.05 Å². The van der Waals surface area contributed by atoms with E-state index in [1.165, 1.54) is 0 Å². The molecule has 0 amide bonds. The minimum Gasteiger partial charge on any atom is -0.304 e.